The Bertz CT molecular complexity index is 287. The predicted molar refractivity (Wildman–Crippen MR) is 47.6 cm³/mol. The van der Waals surface area contributed by atoms with Crippen molar-refractivity contribution in [1.82, 2.24) is 10.2 Å². The molecule has 3 N–H and O–H groups in total. The SMILES string of the molecule is NS(=O)(=O)CCCN1CCNC1=O. The number of sulfonamides is 1. The molecule has 0 unspecified atom stereocenters. The Morgan fingerprint density at radius 3 is 2.69 bits per heavy atom. The number of hydrogen-bond acceptors (Lipinski definition) is 3. The van der Waals surface area contributed by atoms with Gasteiger partial charge in [0.2, 0.25) is 10.0 Å². The fraction of sp³-hybridized carbons (Fsp3) is 0.833. The molecule has 0 bridgehead atoms. The molecule has 6 nitrogen and oxygen atoms in total. The second-order valence-electron chi connectivity index (χ2n) is 2.94. The first kappa shape index (κ1) is 10.3. The first-order chi connectivity index (χ1) is 5.99. The van der Waals surface area contributed by atoms with Gasteiger partial charge >= 0.3 is 6.03 Å². The summed E-state index contributed by atoms with van der Waals surface area (Å²) in [5.74, 6) is -0.0726. The summed E-state index contributed by atoms with van der Waals surface area (Å²) in [5.41, 5.74) is 0. The summed E-state index contributed by atoms with van der Waals surface area (Å²) in [6.45, 7) is 1.72. The van der Waals surface area contributed by atoms with E-state index in [1.54, 1.807) is 4.90 Å². The number of carbonyl (C=O) groups excluding carboxylic acids is 1. The Morgan fingerprint density at radius 2 is 2.23 bits per heavy atom. The van der Waals surface area contributed by atoms with Crippen LogP contribution in [0.2, 0.25) is 0 Å². The van der Waals surface area contributed by atoms with Crippen molar-refractivity contribution in [3.8, 4) is 0 Å². The third kappa shape index (κ3) is 3.60. The molecule has 1 saturated heterocycles. The van der Waals surface area contributed by atoms with Crippen LogP contribution < -0.4 is 10.5 Å². The minimum Gasteiger partial charge on any atom is -0.336 e. The number of rotatable bonds is 4. The highest BCUT2D eigenvalue weighted by atomic mass is 32.2. The van der Waals surface area contributed by atoms with Crippen LogP contribution in [0, 0.1) is 0 Å². The molecule has 0 aromatic carbocycles. The molecular weight excluding hydrogens is 194 g/mol. The van der Waals surface area contributed by atoms with E-state index in [2.05, 4.69) is 5.32 Å². The summed E-state index contributed by atoms with van der Waals surface area (Å²) < 4.78 is 21.1. The zero-order chi connectivity index (χ0) is 9.90. The van der Waals surface area contributed by atoms with Crippen molar-refractivity contribution in [3.05, 3.63) is 0 Å². The van der Waals surface area contributed by atoms with Gasteiger partial charge in [0.05, 0.1) is 5.75 Å². The van der Waals surface area contributed by atoms with E-state index >= 15 is 0 Å². The summed E-state index contributed by atoms with van der Waals surface area (Å²) in [4.78, 5) is 12.5. The van der Waals surface area contributed by atoms with Gasteiger partial charge in [-0.2, -0.15) is 0 Å². The maximum absolute atomic E-state index is 11.0. The molecule has 76 valence electrons. The van der Waals surface area contributed by atoms with Crippen molar-refractivity contribution in [1.29, 1.82) is 0 Å². The summed E-state index contributed by atoms with van der Waals surface area (Å²) in [5, 5.41) is 7.43. The Labute approximate surface area is 77.1 Å². The maximum Gasteiger partial charge on any atom is 0.317 e. The largest absolute Gasteiger partial charge is 0.336 e. The summed E-state index contributed by atoms with van der Waals surface area (Å²) in [6.07, 6.45) is 0.395. The van der Waals surface area contributed by atoms with Gasteiger partial charge in [-0.25, -0.2) is 18.4 Å². The Kier molecular flexibility index (Phi) is 3.10. The van der Waals surface area contributed by atoms with Crippen LogP contribution in [0.4, 0.5) is 4.79 Å². The molecule has 0 spiro atoms. The van der Waals surface area contributed by atoms with E-state index in [1.165, 1.54) is 0 Å². The van der Waals surface area contributed by atoms with Crippen LogP contribution >= 0.6 is 0 Å². The number of carbonyl (C=O) groups is 1. The van der Waals surface area contributed by atoms with Gasteiger partial charge in [0.1, 0.15) is 0 Å². The quantitative estimate of drug-likeness (QED) is 0.599. The molecule has 2 amide bonds. The highest BCUT2D eigenvalue weighted by molar-refractivity contribution is 7.89. The number of hydrogen-bond donors (Lipinski definition) is 2. The van der Waals surface area contributed by atoms with Crippen LogP contribution in [0.15, 0.2) is 0 Å². The summed E-state index contributed by atoms with van der Waals surface area (Å²) >= 11 is 0. The predicted octanol–water partition coefficient (Wildman–Crippen LogP) is -1.31. The fourth-order valence-electron chi connectivity index (χ4n) is 1.18. The molecule has 0 radical (unpaired) electrons. The van der Waals surface area contributed by atoms with Crippen LogP contribution in [0.5, 0.6) is 0 Å². The molecule has 1 fully saturated rings. The molecule has 1 rings (SSSR count). The van der Waals surface area contributed by atoms with Gasteiger partial charge in [-0.15, -0.1) is 0 Å². The Morgan fingerprint density at radius 1 is 1.54 bits per heavy atom. The van der Waals surface area contributed by atoms with Crippen LogP contribution in [-0.4, -0.2) is 44.7 Å². The summed E-state index contributed by atoms with van der Waals surface area (Å²) in [7, 11) is -3.39. The van der Waals surface area contributed by atoms with Crippen LogP contribution in [0.25, 0.3) is 0 Å². The van der Waals surface area contributed by atoms with Gasteiger partial charge in [0, 0.05) is 19.6 Å². The van der Waals surface area contributed by atoms with E-state index < -0.39 is 10.0 Å². The third-order valence-electron chi connectivity index (χ3n) is 1.80. The summed E-state index contributed by atoms with van der Waals surface area (Å²) in [6, 6.07) is -0.130. The molecular formula is C6H13N3O3S. The first-order valence-corrected chi connectivity index (χ1v) is 5.74. The maximum atomic E-state index is 11.0. The zero-order valence-corrected chi connectivity index (χ0v) is 8.01. The number of amides is 2. The van der Waals surface area contributed by atoms with E-state index in [9.17, 15) is 13.2 Å². The molecule has 0 aliphatic carbocycles. The highest BCUT2D eigenvalue weighted by Crippen LogP contribution is 1.98. The minimum absolute atomic E-state index is 0.0726. The van der Waals surface area contributed by atoms with Crippen LogP contribution in [0.3, 0.4) is 0 Å². The minimum atomic E-state index is -3.39. The van der Waals surface area contributed by atoms with Crippen molar-refractivity contribution < 1.29 is 13.2 Å². The molecule has 1 heterocycles. The van der Waals surface area contributed by atoms with E-state index in [1.807, 2.05) is 0 Å². The number of nitrogens with one attached hydrogen (secondary N) is 1. The average Bonchev–Trinajstić information content (AvgIpc) is 2.34. The van der Waals surface area contributed by atoms with E-state index in [-0.39, 0.29) is 11.8 Å². The number of nitrogens with two attached hydrogens (primary N) is 1. The van der Waals surface area contributed by atoms with Crippen molar-refractivity contribution in [2.75, 3.05) is 25.4 Å². The van der Waals surface area contributed by atoms with Gasteiger partial charge < -0.3 is 10.2 Å². The lowest BCUT2D eigenvalue weighted by Crippen LogP contribution is -2.30. The molecule has 1 aliphatic heterocycles. The van der Waals surface area contributed by atoms with Crippen molar-refractivity contribution >= 4 is 16.1 Å². The smallest absolute Gasteiger partial charge is 0.317 e. The molecule has 0 aromatic heterocycles. The standard InChI is InChI=1S/C6H13N3O3S/c7-13(11,12)5-1-3-9-4-2-8-6(9)10/h1-5H2,(H,8,10)(H2,7,11,12). The monoisotopic (exact) mass is 207 g/mol. The van der Waals surface area contributed by atoms with Gasteiger partial charge in [-0.3, -0.25) is 0 Å². The molecule has 0 aromatic rings. The number of urea groups is 1. The molecule has 1 aliphatic rings. The van der Waals surface area contributed by atoms with E-state index in [0.29, 0.717) is 26.1 Å². The molecule has 0 atom stereocenters. The van der Waals surface area contributed by atoms with Crippen molar-refractivity contribution in [3.63, 3.8) is 0 Å². The van der Waals surface area contributed by atoms with Crippen LogP contribution in [-0.2, 0) is 10.0 Å². The second-order valence-corrected chi connectivity index (χ2v) is 4.67. The van der Waals surface area contributed by atoms with E-state index in [0.717, 1.165) is 0 Å². The fourth-order valence-corrected chi connectivity index (χ4v) is 1.71. The van der Waals surface area contributed by atoms with Gasteiger partial charge in [0.25, 0.3) is 0 Å². The molecule has 7 heteroatoms. The lowest BCUT2D eigenvalue weighted by molar-refractivity contribution is 0.217. The first-order valence-electron chi connectivity index (χ1n) is 4.02. The van der Waals surface area contributed by atoms with E-state index in [4.69, 9.17) is 5.14 Å². The number of primary sulfonamides is 1. The molecule has 0 saturated carbocycles. The normalized spacial score (nSPS) is 17.6. The molecule has 13 heavy (non-hydrogen) atoms. The Balaban J connectivity index is 2.23. The van der Waals surface area contributed by atoms with Gasteiger partial charge in [-0.1, -0.05) is 0 Å². The lowest BCUT2D eigenvalue weighted by atomic mass is 10.4. The average molecular weight is 207 g/mol. The van der Waals surface area contributed by atoms with Crippen molar-refractivity contribution in [2.24, 2.45) is 5.14 Å². The van der Waals surface area contributed by atoms with Crippen LogP contribution in [0.1, 0.15) is 6.42 Å². The lowest BCUT2D eigenvalue weighted by Gasteiger charge is -2.12. The number of nitrogens with zero attached hydrogens (tertiary/aromatic N) is 1. The zero-order valence-electron chi connectivity index (χ0n) is 7.19. The van der Waals surface area contributed by atoms with Gasteiger partial charge in [0.15, 0.2) is 0 Å². The Hall–Kier alpha value is -0.820. The topological polar surface area (TPSA) is 92.5 Å². The van der Waals surface area contributed by atoms with Gasteiger partial charge in [-0.05, 0) is 6.42 Å². The third-order valence-corrected chi connectivity index (χ3v) is 2.66. The highest BCUT2D eigenvalue weighted by Gasteiger charge is 2.18. The second kappa shape index (κ2) is 3.93. The van der Waals surface area contributed by atoms with Crippen molar-refractivity contribution in [2.45, 2.75) is 6.42 Å².